The van der Waals surface area contributed by atoms with Gasteiger partial charge in [0.15, 0.2) is 5.78 Å². The summed E-state index contributed by atoms with van der Waals surface area (Å²) in [5.74, 6) is -0.0846. The van der Waals surface area contributed by atoms with Crippen molar-refractivity contribution in [2.75, 3.05) is 20.6 Å². The minimum atomic E-state index is -1.01. The predicted molar refractivity (Wildman–Crippen MR) is 78.6 cm³/mol. The van der Waals surface area contributed by atoms with E-state index in [9.17, 15) is 14.7 Å². The van der Waals surface area contributed by atoms with Crippen molar-refractivity contribution in [3.63, 3.8) is 0 Å². The first kappa shape index (κ1) is 16.5. The molecule has 1 fully saturated rings. The Labute approximate surface area is 121 Å². The Morgan fingerprint density at radius 3 is 2.25 bits per heavy atom. The first-order chi connectivity index (χ1) is 9.04. The molecule has 5 heteroatoms. The molecule has 0 aromatic heterocycles. The summed E-state index contributed by atoms with van der Waals surface area (Å²) >= 11 is 0. The zero-order valence-electron chi connectivity index (χ0n) is 13.4. The van der Waals surface area contributed by atoms with Crippen LogP contribution in [0.5, 0.6) is 0 Å². The lowest BCUT2D eigenvalue weighted by molar-refractivity contribution is -0.131. The number of hydrogen-bond acceptors (Lipinski definition) is 3. The molecule has 1 saturated heterocycles. The molecule has 0 bridgehead atoms. The molecule has 1 atom stereocenters. The van der Waals surface area contributed by atoms with Crippen molar-refractivity contribution in [3.8, 4) is 0 Å². The Morgan fingerprint density at radius 1 is 1.30 bits per heavy atom. The summed E-state index contributed by atoms with van der Waals surface area (Å²) in [6.07, 6.45) is 2.06. The number of likely N-dealkylation sites (tertiary alicyclic amines) is 1. The molecule has 0 aromatic carbocycles. The van der Waals surface area contributed by atoms with Crippen LogP contribution in [0.3, 0.4) is 0 Å². The monoisotopic (exact) mass is 282 g/mol. The van der Waals surface area contributed by atoms with Crippen LogP contribution in [0.25, 0.3) is 0 Å². The van der Waals surface area contributed by atoms with Crippen molar-refractivity contribution in [1.29, 1.82) is 0 Å². The molecule has 5 nitrogen and oxygen atoms in total. The minimum Gasteiger partial charge on any atom is -0.465 e. The number of nitrogens with zero attached hydrogens (tertiary/aromatic N) is 2. The first-order valence-electron chi connectivity index (χ1n) is 6.94. The molecule has 1 amide bonds. The Bertz CT molecular complexity index is 435. The summed E-state index contributed by atoms with van der Waals surface area (Å²) in [7, 11) is 3.70. The van der Waals surface area contributed by atoms with Gasteiger partial charge in [-0.2, -0.15) is 0 Å². The van der Waals surface area contributed by atoms with Gasteiger partial charge in [0.2, 0.25) is 0 Å². The van der Waals surface area contributed by atoms with Crippen LogP contribution < -0.4 is 0 Å². The smallest absolute Gasteiger partial charge is 0.408 e. The molecule has 0 radical (unpaired) electrons. The van der Waals surface area contributed by atoms with E-state index in [1.54, 1.807) is 13.1 Å². The average Bonchev–Trinajstić information content (AvgIpc) is 2.71. The van der Waals surface area contributed by atoms with Crippen LogP contribution in [0.15, 0.2) is 11.8 Å². The number of ketones is 1. The molecule has 1 heterocycles. The molecule has 114 valence electrons. The number of rotatable bonds is 3. The van der Waals surface area contributed by atoms with Crippen molar-refractivity contribution in [2.45, 2.75) is 46.1 Å². The van der Waals surface area contributed by atoms with Gasteiger partial charge < -0.3 is 10.0 Å². The lowest BCUT2D eigenvalue weighted by atomic mass is 9.68. The van der Waals surface area contributed by atoms with Crippen LogP contribution in [0.1, 0.15) is 40.5 Å². The third-order valence-electron chi connectivity index (χ3n) is 4.04. The van der Waals surface area contributed by atoms with Crippen molar-refractivity contribution < 1.29 is 14.7 Å². The quantitative estimate of drug-likeness (QED) is 0.808. The maximum absolute atomic E-state index is 13.0. The van der Waals surface area contributed by atoms with Gasteiger partial charge in [-0.15, -0.1) is 0 Å². The van der Waals surface area contributed by atoms with Gasteiger partial charge >= 0.3 is 6.09 Å². The van der Waals surface area contributed by atoms with Crippen LogP contribution in [0.4, 0.5) is 4.79 Å². The van der Waals surface area contributed by atoms with Gasteiger partial charge in [0, 0.05) is 32.4 Å². The summed E-state index contributed by atoms with van der Waals surface area (Å²) in [5, 5.41) is 9.47. The summed E-state index contributed by atoms with van der Waals surface area (Å²) < 4.78 is 0. The predicted octanol–water partition coefficient (Wildman–Crippen LogP) is 2.58. The van der Waals surface area contributed by atoms with E-state index in [0.29, 0.717) is 18.5 Å². The highest BCUT2D eigenvalue weighted by Crippen LogP contribution is 2.45. The number of carbonyl (C=O) groups excluding carboxylic acids is 1. The SMILES string of the molecule is CC(=CN(C)C)C(=O)C1(C(C)(C)C)CCCN1C(=O)O. The number of amides is 1. The highest BCUT2D eigenvalue weighted by molar-refractivity contribution is 6.04. The second kappa shape index (κ2) is 5.46. The van der Waals surface area contributed by atoms with E-state index in [2.05, 4.69) is 0 Å². The fourth-order valence-electron chi connectivity index (χ4n) is 3.21. The first-order valence-corrected chi connectivity index (χ1v) is 6.94. The van der Waals surface area contributed by atoms with Crippen LogP contribution in [-0.4, -0.2) is 53.0 Å². The largest absolute Gasteiger partial charge is 0.465 e. The molecule has 1 aliphatic rings. The van der Waals surface area contributed by atoms with Gasteiger partial charge in [-0.3, -0.25) is 9.69 Å². The van der Waals surface area contributed by atoms with Crippen LogP contribution in [0, 0.1) is 5.41 Å². The Balaban J connectivity index is 3.34. The summed E-state index contributed by atoms with van der Waals surface area (Å²) in [5.41, 5.74) is -0.811. The van der Waals surface area contributed by atoms with Gasteiger partial charge in [-0.1, -0.05) is 20.8 Å². The molecule has 0 aromatic rings. The number of carbonyl (C=O) groups is 2. The third-order valence-corrected chi connectivity index (χ3v) is 4.04. The van der Waals surface area contributed by atoms with Crippen molar-refractivity contribution >= 4 is 11.9 Å². The van der Waals surface area contributed by atoms with Crippen LogP contribution >= 0.6 is 0 Å². The Hall–Kier alpha value is -1.52. The van der Waals surface area contributed by atoms with Crippen molar-refractivity contribution in [2.24, 2.45) is 5.41 Å². The summed E-state index contributed by atoms with van der Waals surface area (Å²) in [4.78, 5) is 27.7. The average molecular weight is 282 g/mol. The van der Waals surface area contributed by atoms with E-state index >= 15 is 0 Å². The minimum absolute atomic E-state index is 0.0846. The van der Waals surface area contributed by atoms with Crippen LogP contribution in [0.2, 0.25) is 0 Å². The maximum atomic E-state index is 13.0. The highest BCUT2D eigenvalue weighted by atomic mass is 16.4. The normalized spacial score (nSPS) is 23.9. The highest BCUT2D eigenvalue weighted by Gasteiger charge is 2.57. The zero-order chi connectivity index (χ0) is 15.7. The fraction of sp³-hybridized carbons (Fsp3) is 0.733. The van der Waals surface area contributed by atoms with Crippen molar-refractivity contribution in [1.82, 2.24) is 9.80 Å². The van der Waals surface area contributed by atoms with Crippen LogP contribution in [-0.2, 0) is 4.79 Å². The van der Waals surface area contributed by atoms with E-state index in [4.69, 9.17) is 0 Å². The van der Waals surface area contributed by atoms with Gasteiger partial charge in [0.05, 0.1) is 0 Å². The van der Waals surface area contributed by atoms with Gasteiger partial charge in [-0.25, -0.2) is 4.79 Å². The summed E-state index contributed by atoms with van der Waals surface area (Å²) in [6, 6.07) is 0. The maximum Gasteiger partial charge on any atom is 0.408 e. The topological polar surface area (TPSA) is 60.9 Å². The summed E-state index contributed by atoms with van der Waals surface area (Å²) in [6.45, 7) is 8.00. The molecular formula is C15H26N2O3. The molecule has 1 unspecified atom stereocenters. The lowest BCUT2D eigenvalue weighted by Crippen LogP contribution is -2.60. The molecule has 0 spiro atoms. The molecule has 1 aliphatic heterocycles. The molecule has 20 heavy (non-hydrogen) atoms. The zero-order valence-corrected chi connectivity index (χ0v) is 13.4. The van der Waals surface area contributed by atoms with E-state index in [-0.39, 0.29) is 5.78 Å². The molecule has 1 rings (SSSR count). The van der Waals surface area contributed by atoms with Crippen molar-refractivity contribution in [3.05, 3.63) is 11.8 Å². The number of hydrogen-bond donors (Lipinski definition) is 1. The molecular weight excluding hydrogens is 256 g/mol. The van der Waals surface area contributed by atoms with E-state index in [0.717, 1.165) is 6.42 Å². The lowest BCUT2D eigenvalue weighted by Gasteiger charge is -2.45. The van der Waals surface area contributed by atoms with E-state index in [1.165, 1.54) is 4.90 Å². The van der Waals surface area contributed by atoms with Gasteiger partial charge in [0.1, 0.15) is 5.54 Å². The number of Topliss-reactive ketones (excluding diaryl/α,β-unsaturated/α-hetero) is 1. The van der Waals surface area contributed by atoms with Gasteiger partial charge in [0.25, 0.3) is 0 Å². The molecule has 1 N–H and O–H groups in total. The number of carboxylic acid groups (broad SMARTS) is 1. The fourth-order valence-corrected chi connectivity index (χ4v) is 3.21. The second-order valence-corrected chi connectivity index (χ2v) is 6.75. The van der Waals surface area contributed by atoms with Gasteiger partial charge in [-0.05, 0) is 25.2 Å². The Morgan fingerprint density at radius 2 is 1.85 bits per heavy atom. The molecule has 0 saturated carbocycles. The molecule has 0 aliphatic carbocycles. The third kappa shape index (κ3) is 2.67. The van der Waals surface area contributed by atoms with E-state index in [1.807, 2.05) is 39.8 Å². The Kier molecular flexibility index (Phi) is 4.52. The van der Waals surface area contributed by atoms with E-state index < -0.39 is 17.0 Å². The second-order valence-electron chi connectivity index (χ2n) is 6.75. The standard InChI is InChI=1S/C15H26N2O3/c1-11(10-16(5)6)12(18)15(14(2,3)4)8-7-9-17(15)13(19)20/h10H,7-9H2,1-6H3,(H,19,20).